The molecule has 0 radical (unpaired) electrons. The number of hydrogen-bond acceptors (Lipinski definition) is 3. The first-order valence-corrected chi connectivity index (χ1v) is 8.05. The van der Waals surface area contributed by atoms with Crippen molar-refractivity contribution in [3.05, 3.63) is 42.0 Å². The fourth-order valence-electron chi connectivity index (χ4n) is 2.23. The molecule has 0 spiro atoms. The molecule has 0 aliphatic carbocycles. The third-order valence-corrected chi connectivity index (χ3v) is 3.32. The van der Waals surface area contributed by atoms with Gasteiger partial charge in [-0.1, -0.05) is 44.2 Å². The summed E-state index contributed by atoms with van der Waals surface area (Å²) in [5.41, 5.74) is 0.896. The van der Waals surface area contributed by atoms with Crippen LogP contribution in [0, 0.1) is 0 Å². The lowest BCUT2D eigenvalue weighted by Crippen LogP contribution is -2.50. The van der Waals surface area contributed by atoms with Crippen molar-refractivity contribution in [2.45, 2.75) is 32.7 Å². The lowest BCUT2D eigenvalue weighted by Gasteiger charge is -2.26. The number of nitrogens with zero attached hydrogens (tertiary/aromatic N) is 1. The summed E-state index contributed by atoms with van der Waals surface area (Å²) in [6.07, 6.45) is 4.72. The zero-order chi connectivity index (χ0) is 17.1. The number of benzene rings is 1. The number of amides is 2. The van der Waals surface area contributed by atoms with E-state index in [0.717, 1.165) is 18.4 Å². The molecule has 0 saturated heterocycles. The second kappa shape index (κ2) is 10.6. The molecule has 5 heteroatoms. The average Bonchev–Trinajstić information content (AvgIpc) is 2.58. The van der Waals surface area contributed by atoms with E-state index in [2.05, 4.69) is 5.32 Å². The van der Waals surface area contributed by atoms with Gasteiger partial charge in [-0.2, -0.15) is 0 Å². The molecule has 1 aromatic carbocycles. The predicted octanol–water partition coefficient (Wildman–Crippen LogP) is 1.83. The maximum absolute atomic E-state index is 12.4. The predicted molar refractivity (Wildman–Crippen MR) is 91.7 cm³/mol. The largest absolute Gasteiger partial charge is 0.394 e. The van der Waals surface area contributed by atoms with E-state index in [4.69, 9.17) is 0 Å². The lowest BCUT2D eigenvalue weighted by molar-refractivity contribution is -0.136. The molecular weight excluding hydrogens is 292 g/mol. The second-order valence-electron chi connectivity index (χ2n) is 5.31. The average molecular weight is 318 g/mol. The number of nitrogens with one attached hydrogen (secondary N) is 1. The smallest absolute Gasteiger partial charge is 0.247 e. The van der Waals surface area contributed by atoms with Crippen LogP contribution in [0.1, 0.15) is 32.3 Å². The summed E-state index contributed by atoms with van der Waals surface area (Å²) in [5.74, 6) is -0.633. The summed E-state index contributed by atoms with van der Waals surface area (Å²) in [5, 5.41) is 12.0. The minimum absolute atomic E-state index is 0.238. The minimum atomic E-state index is -0.902. The van der Waals surface area contributed by atoms with Crippen LogP contribution < -0.4 is 5.32 Å². The van der Waals surface area contributed by atoms with Crippen molar-refractivity contribution in [1.82, 2.24) is 10.2 Å². The summed E-state index contributed by atoms with van der Waals surface area (Å²) in [6, 6.07) is 8.51. The van der Waals surface area contributed by atoms with Gasteiger partial charge < -0.3 is 15.3 Å². The highest BCUT2D eigenvalue weighted by molar-refractivity contribution is 5.95. The van der Waals surface area contributed by atoms with Crippen LogP contribution >= 0.6 is 0 Å². The Labute approximate surface area is 138 Å². The number of rotatable bonds is 9. The highest BCUT2D eigenvalue weighted by Gasteiger charge is 2.23. The van der Waals surface area contributed by atoms with Crippen LogP contribution in [-0.4, -0.2) is 47.6 Å². The fraction of sp³-hybridized carbons (Fsp3) is 0.444. The summed E-state index contributed by atoms with van der Waals surface area (Å²) < 4.78 is 0. The molecule has 0 aliphatic rings. The monoisotopic (exact) mass is 318 g/mol. The lowest BCUT2D eigenvalue weighted by atomic mass is 10.2. The number of hydrogen-bond donors (Lipinski definition) is 2. The number of aliphatic hydroxyl groups excluding tert-OH is 1. The van der Waals surface area contributed by atoms with Gasteiger partial charge in [0.2, 0.25) is 11.8 Å². The normalized spacial score (nSPS) is 12.1. The maximum atomic E-state index is 12.4. The van der Waals surface area contributed by atoms with Gasteiger partial charge >= 0.3 is 0 Å². The molecule has 1 atom stereocenters. The van der Waals surface area contributed by atoms with E-state index < -0.39 is 18.6 Å². The summed E-state index contributed by atoms with van der Waals surface area (Å²) in [6.45, 7) is 4.82. The van der Waals surface area contributed by atoms with Crippen molar-refractivity contribution in [3.63, 3.8) is 0 Å². The highest BCUT2D eigenvalue weighted by Crippen LogP contribution is 2.02. The quantitative estimate of drug-likeness (QED) is 0.683. The molecule has 2 N–H and O–H groups in total. The molecule has 0 saturated carbocycles. The Kier molecular flexibility index (Phi) is 8.68. The van der Waals surface area contributed by atoms with Crippen molar-refractivity contribution < 1.29 is 14.7 Å². The first-order valence-electron chi connectivity index (χ1n) is 8.05. The van der Waals surface area contributed by atoms with Gasteiger partial charge in [-0.15, -0.1) is 0 Å². The number of carbonyl (C=O) groups is 2. The van der Waals surface area contributed by atoms with Gasteiger partial charge in [0, 0.05) is 19.2 Å². The zero-order valence-electron chi connectivity index (χ0n) is 13.9. The fourth-order valence-corrected chi connectivity index (χ4v) is 2.23. The summed E-state index contributed by atoms with van der Waals surface area (Å²) >= 11 is 0. The topological polar surface area (TPSA) is 69.6 Å². The van der Waals surface area contributed by atoms with Gasteiger partial charge in [-0.25, -0.2) is 0 Å². The number of aliphatic hydroxyl groups is 1. The molecule has 1 rings (SSSR count). The number of carbonyl (C=O) groups excluding carboxylic acids is 2. The summed E-state index contributed by atoms with van der Waals surface area (Å²) in [4.78, 5) is 26.0. The van der Waals surface area contributed by atoms with Gasteiger partial charge in [0.05, 0.1) is 6.61 Å². The Morgan fingerprint density at radius 2 is 1.78 bits per heavy atom. The van der Waals surface area contributed by atoms with E-state index in [0.29, 0.717) is 13.1 Å². The van der Waals surface area contributed by atoms with Crippen LogP contribution in [0.15, 0.2) is 36.4 Å². The minimum Gasteiger partial charge on any atom is -0.394 e. The van der Waals surface area contributed by atoms with Crippen LogP contribution in [0.5, 0.6) is 0 Å². The van der Waals surface area contributed by atoms with Crippen molar-refractivity contribution in [2.24, 2.45) is 0 Å². The third-order valence-electron chi connectivity index (χ3n) is 3.32. The van der Waals surface area contributed by atoms with Crippen molar-refractivity contribution in [2.75, 3.05) is 19.7 Å². The SMILES string of the molecule is CCCN(CCC)C(=O)C(CO)NC(=O)C=Cc1ccccc1. The van der Waals surface area contributed by atoms with Crippen LogP contribution in [0.2, 0.25) is 0 Å². The van der Waals surface area contributed by atoms with Crippen LogP contribution in [-0.2, 0) is 9.59 Å². The summed E-state index contributed by atoms with van der Waals surface area (Å²) in [7, 11) is 0. The molecule has 0 fully saturated rings. The van der Waals surface area contributed by atoms with Crippen LogP contribution in [0.25, 0.3) is 6.08 Å². The standard InChI is InChI=1S/C18H26N2O3/c1-3-12-20(13-4-2)18(23)16(14-21)19-17(22)11-10-15-8-6-5-7-9-15/h5-11,16,21H,3-4,12-14H2,1-2H3,(H,19,22). The molecule has 1 unspecified atom stereocenters. The molecule has 5 nitrogen and oxygen atoms in total. The second-order valence-corrected chi connectivity index (χ2v) is 5.31. The molecular formula is C18H26N2O3. The Bertz CT molecular complexity index is 508. The molecule has 0 aromatic heterocycles. The highest BCUT2D eigenvalue weighted by atomic mass is 16.3. The Morgan fingerprint density at radius 1 is 1.17 bits per heavy atom. The molecule has 1 aromatic rings. The van der Waals surface area contributed by atoms with Crippen molar-refractivity contribution in [1.29, 1.82) is 0 Å². The Balaban J connectivity index is 2.65. The van der Waals surface area contributed by atoms with Gasteiger partial charge in [0.15, 0.2) is 0 Å². The molecule has 23 heavy (non-hydrogen) atoms. The van der Waals surface area contributed by atoms with E-state index in [1.165, 1.54) is 6.08 Å². The molecule has 0 aliphatic heterocycles. The van der Waals surface area contributed by atoms with Gasteiger partial charge in [-0.3, -0.25) is 9.59 Å². The van der Waals surface area contributed by atoms with E-state index in [1.54, 1.807) is 11.0 Å². The van der Waals surface area contributed by atoms with E-state index in [9.17, 15) is 14.7 Å². The van der Waals surface area contributed by atoms with E-state index >= 15 is 0 Å². The van der Waals surface area contributed by atoms with Gasteiger partial charge in [0.1, 0.15) is 6.04 Å². The van der Waals surface area contributed by atoms with Gasteiger partial charge in [0.25, 0.3) is 0 Å². The van der Waals surface area contributed by atoms with E-state index in [-0.39, 0.29) is 5.91 Å². The molecule has 2 amide bonds. The molecule has 126 valence electrons. The Morgan fingerprint density at radius 3 is 2.30 bits per heavy atom. The van der Waals surface area contributed by atoms with Crippen LogP contribution in [0.3, 0.4) is 0 Å². The van der Waals surface area contributed by atoms with E-state index in [1.807, 2.05) is 44.2 Å². The van der Waals surface area contributed by atoms with Crippen molar-refractivity contribution in [3.8, 4) is 0 Å². The Hall–Kier alpha value is -2.14. The van der Waals surface area contributed by atoms with Crippen molar-refractivity contribution >= 4 is 17.9 Å². The first kappa shape index (κ1) is 18.9. The third kappa shape index (κ3) is 6.65. The molecule has 0 heterocycles. The molecule has 0 bridgehead atoms. The van der Waals surface area contributed by atoms with Gasteiger partial charge in [-0.05, 0) is 24.5 Å². The van der Waals surface area contributed by atoms with Crippen LogP contribution in [0.4, 0.5) is 0 Å². The maximum Gasteiger partial charge on any atom is 0.247 e. The first-order chi connectivity index (χ1) is 11.1. The zero-order valence-corrected chi connectivity index (χ0v) is 13.9.